The molecule has 0 amide bonds. The van der Waals surface area contributed by atoms with Crippen LogP contribution < -0.4 is 19.3 Å². The highest BCUT2D eigenvalue weighted by molar-refractivity contribution is 5.49. The van der Waals surface area contributed by atoms with Crippen molar-refractivity contribution in [2.45, 2.75) is 39.9 Å². The lowest BCUT2D eigenvalue weighted by molar-refractivity contribution is 0.110. The Balaban J connectivity index is 1.43. The van der Waals surface area contributed by atoms with Crippen molar-refractivity contribution in [3.63, 3.8) is 0 Å². The second-order valence-corrected chi connectivity index (χ2v) is 9.16. The van der Waals surface area contributed by atoms with Gasteiger partial charge in [-0.1, -0.05) is 24.3 Å². The Morgan fingerprint density at radius 1 is 0.639 bits per heavy atom. The van der Waals surface area contributed by atoms with Gasteiger partial charge in [-0.25, -0.2) is 0 Å². The number of hydrogen-bond acceptors (Lipinski definition) is 6. The Labute approximate surface area is 215 Å². The van der Waals surface area contributed by atoms with Crippen molar-refractivity contribution in [3.8, 4) is 11.5 Å². The van der Waals surface area contributed by atoms with E-state index in [9.17, 15) is 10.2 Å². The molecule has 3 aromatic carbocycles. The van der Waals surface area contributed by atoms with Gasteiger partial charge < -0.3 is 29.5 Å². The lowest BCUT2D eigenvalue weighted by Crippen LogP contribution is -2.35. The van der Waals surface area contributed by atoms with Gasteiger partial charge in [-0.15, -0.1) is 0 Å². The van der Waals surface area contributed by atoms with Crippen molar-refractivity contribution in [1.29, 1.82) is 0 Å². The van der Waals surface area contributed by atoms with Gasteiger partial charge in [0, 0.05) is 37.6 Å². The monoisotopic (exact) mass is 492 g/mol. The molecule has 194 valence electrons. The zero-order valence-electron chi connectivity index (χ0n) is 21.9. The molecule has 0 radical (unpaired) electrons. The van der Waals surface area contributed by atoms with Crippen molar-refractivity contribution in [2.75, 3.05) is 49.2 Å². The van der Waals surface area contributed by atoms with Gasteiger partial charge in [0.2, 0.25) is 0 Å². The minimum atomic E-state index is -0.619. The molecule has 0 aliphatic heterocycles. The molecule has 2 N–H and O–H groups in total. The standard InChI is InChI=1S/C30H40N2O4/c1-5-31(25-11-7-9-23(3)17-25)19-27(33)21-35-29-13-15-30(16-14-29)36-22-28(34)20-32(6-2)26-12-8-10-24(4)18-26/h7-18,27-28,33-34H,5-6,19-22H2,1-4H3. The quantitative estimate of drug-likeness (QED) is 0.336. The normalized spacial score (nSPS) is 12.6. The molecule has 0 aliphatic rings. The number of hydrogen-bond donors (Lipinski definition) is 2. The number of nitrogens with zero attached hydrogens (tertiary/aromatic N) is 2. The summed E-state index contributed by atoms with van der Waals surface area (Å²) in [5.41, 5.74) is 4.59. The molecule has 0 saturated carbocycles. The summed E-state index contributed by atoms with van der Waals surface area (Å²) < 4.78 is 11.6. The highest BCUT2D eigenvalue weighted by Crippen LogP contribution is 2.20. The highest BCUT2D eigenvalue weighted by Gasteiger charge is 2.14. The molecule has 6 nitrogen and oxygen atoms in total. The lowest BCUT2D eigenvalue weighted by atomic mass is 10.2. The number of benzene rings is 3. The average Bonchev–Trinajstić information content (AvgIpc) is 2.88. The maximum atomic E-state index is 10.5. The third kappa shape index (κ3) is 8.47. The van der Waals surface area contributed by atoms with E-state index in [1.165, 1.54) is 11.1 Å². The number of anilines is 2. The minimum Gasteiger partial charge on any atom is -0.491 e. The number of aliphatic hydroxyl groups is 2. The largest absolute Gasteiger partial charge is 0.491 e. The summed E-state index contributed by atoms with van der Waals surface area (Å²) >= 11 is 0. The van der Waals surface area contributed by atoms with Crippen LogP contribution in [0.3, 0.4) is 0 Å². The number of ether oxygens (including phenoxy) is 2. The van der Waals surface area contributed by atoms with E-state index in [-0.39, 0.29) is 13.2 Å². The van der Waals surface area contributed by atoms with E-state index in [0.717, 1.165) is 24.5 Å². The molecule has 0 heterocycles. The van der Waals surface area contributed by atoms with Crippen LogP contribution in [0.1, 0.15) is 25.0 Å². The van der Waals surface area contributed by atoms with E-state index < -0.39 is 12.2 Å². The van der Waals surface area contributed by atoms with Gasteiger partial charge in [-0.2, -0.15) is 0 Å². The summed E-state index contributed by atoms with van der Waals surface area (Å²) in [6.07, 6.45) is -1.24. The van der Waals surface area contributed by atoms with E-state index in [0.29, 0.717) is 24.6 Å². The zero-order chi connectivity index (χ0) is 25.9. The molecule has 0 bridgehead atoms. The molecular formula is C30H40N2O4. The van der Waals surface area contributed by atoms with Gasteiger partial charge in [0.1, 0.15) is 36.9 Å². The molecule has 0 spiro atoms. The van der Waals surface area contributed by atoms with Crippen LogP contribution in [0.5, 0.6) is 11.5 Å². The molecular weight excluding hydrogens is 452 g/mol. The van der Waals surface area contributed by atoms with Crippen LogP contribution >= 0.6 is 0 Å². The van der Waals surface area contributed by atoms with E-state index in [1.807, 2.05) is 36.4 Å². The van der Waals surface area contributed by atoms with Crippen LogP contribution in [0.25, 0.3) is 0 Å². The van der Waals surface area contributed by atoms with Crippen molar-refractivity contribution in [1.82, 2.24) is 0 Å². The first-order valence-electron chi connectivity index (χ1n) is 12.7. The summed E-state index contributed by atoms with van der Waals surface area (Å²) in [4.78, 5) is 4.28. The summed E-state index contributed by atoms with van der Waals surface area (Å²) in [6.45, 7) is 11.3. The van der Waals surface area contributed by atoms with Gasteiger partial charge in [0.05, 0.1) is 0 Å². The molecule has 2 unspecified atom stereocenters. The molecule has 36 heavy (non-hydrogen) atoms. The second kappa shape index (κ2) is 13.8. The molecule has 0 fully saturated rings. The van der Waals surface area contributed by atoms with E-state index in [1.54, 1.807) is 0 Å². The van der Waals surface area contributed by atoms with Crippen LogP contribution in [0.15, 0.2) is 72.8 Å². The molecule has 2 atom stereocenters. The maximum absolute atomic E-state index is 10.5. The Morgan fingerprint density at radius 3 is 1.36 bits per heavy atom. The van der Waals surface area contributed by atoms with Crippen LogP contribution in [0.2, 0.25) is 0 Å². The predicted octanol–water partition coefficient (Wildman–Crippen LogP) is 4.84. The third-order valence-electron chi connectivity index (χ3n) is 6.07. The van der Waals surface area contributed by atoms with E-state index in [4.69, 9.17) is 9.47 Å². The Kier molecular flexibility index (Phi) is 10.5. The van der Waals surface area contributed by atoms with Crippen molar-refractivity contribution in [2.24, 2.45) is 0 Å². The fourth-order valence-electron chi connectivity index (χ4n) is 4.11. The lowest BCUT2D eigenvalue weighted by Gasteiger charge is -2.26. The second-order valence-electron chi connectivity index (χ2n) is 9.16. The average molecular weight is 493 g/mol. The molecule has 6 heteroatoms. The summed E-state index contributed by atoms with van der Waals surface area (Å²) in [5, 5.41) is 21.0. The smallest absolute Gasteiger partial charge is 0.119 e. The molecule has 0 aromatic heterocycles. The topological polar surface area (TPSA) is 65.4 Å². The van der Waals surface area contributed by atoms with E-state index in [2.05, 4.69) is 73.9 Å². The first-order chi connectivity index (χ1) is 17.4. The molecule has 0 saturated heterocycles. The number of aryl methyl sites for hydroxylation is 2. The van der Waals surface area contributed by atoms with Crippen molar-refractivity contribution < 1.29 is 19.7 Å². The van der Waals surface area contributed by atoms with E-state index >= 15 is 0 Å². The SMILES string of the molecule is CCN(CC(O)COc1ccc(OCC(O)CN(CC)c2cccc(C)c2)cc1)c1cccc(C)c1. The maximum Gasteiger partial charge on any atom is 0.119 e. The third-order valence-corrected chi connectivity index (χ3v) is 6.07. The van der Waals surface area contributed by atoms with Crippen LogP contribution in [0.4, 0.5) is 11.4 Å². The predicted molar refractivity (Wildman–Crippen MR) is 148 cm³/mol. The summed E-state index contributed by atoms with van der Waals surface area (Å²) in [7, 11) is 0. The van der Waals surface area contributed by atoms with Gasteiger partial charge in [0.25, 0.3) is 0 Å². The first kappa shape index (κ1) is 27.4. The fourth-order valence-corrected chi connectivity index (χ4v) is 4.11. The first-order valence-corrected chi connectivity index (χ1v) is 12.7. The van der Waals surface area contributed by atoms with Gasteiger partial charge >= 0.3 is 0 Å². The van der Waals surface area contributed by atoms with Gasteiger partial charge in [-0.05, 0) is 87.4 Å². The number of aliphatic hydroxyl groups excluding tert-OH is 2. The van der Waals surface area contributed by atoms with Crippen LogP contribution in [-0.2, 0) is 0 Å². The Morgan fingerprint density at radius 2 is 1.03 bits per heavy atom. The van der Waals surface area contributed by atoms with Crippen molar-refractivity contribution in [3.05, 3.63) is 83.9 Å². The highest BCUT2D eigenvalue weighted by atomic mass is 16.5. The van der Waals surface area contributed by atoms with Gasteiger partial charge in [-0.3, -0.25) is 0 Å². The Bertz CT molecular complexity index is 972. The number of rotatable bonds is 14. The van der Waals surface area contributed by atoms with Gasteiger partial charge in [0.15, 0.2) is 0 Å². The molecule has 0 aliphatic carbocycles. The fraction of sp³-hybridized carbons (Fsp3) is 0.400. The molecule has 3 aromatic rings. The summed E-state index contributed by atoms with van der Waals surface area (Å²) in [5.74, 6) is 1.33. The minimum absolute atomic E-state index is 0.201. The summed E-state index contributed by atoms with van der Waals surface area (Å²) in [6, 6.07) is 23.8. The Hall–Kier alpha value is -3.22. The van der Waals surface area contributed by atoms with Crippen molar-refractivity contribution >= 4 is 11.4 Å². The van der Waals surface area contributed by atoms with Crippen LogP contribution in [0, 0.1) is 13.8 Å². The molecule has 3 rings (SSSR count). The number of likely N-dealkylation sites (N-methyl/N-ethyl adjacent to an activating group) is 2. The van der Waals surface area contributed by atoms with Crippen LogP contribution in [-0.4, -0.2) is 61.8 Å². The zero-order valence-corrected chi connectivity index (χ0v) is 21.9.